The summed E-state index contributed by atoms with van der Waals surface area (Å²) in [6.45, 7) is 5.45. The molecule has 0 aliphatic carbocycles. The first kappa shape index (κ1) is 19.2. The van der Waals surface area contributed by atoms with E-state index in [9.17, 15) is 14.3 Å². The summed E-state index contributed by atoms with van der Waals surface area (Å²) in [5.41, 5.74) is 3.56. The van der Waals surface area contributed by atoms with E-state index in [0.29, 0.717) is 18.6 Å². The first-order valence-corrected chi connectivity index (χ1v) is 9.72. The molecule has 0 amide bonds. The second-order valence-electron chi connectivity index (χ2n) is 7.96. The fourth-order valence-electron chi connectivity index (χ4n) is 4.09. The van der Waals surface area contributed by atoms with Crippen molar-refractivity contribution >= 4 is 22.7 Å². The molecule has 0 saturated carbocycles. The standard InChI is InChI=1S/C23H23FN2O3/c1-13(2)21-22(15-3-5-16(24)6-4-15)18-8-7-17(27)10-19(18)25-23(21)26-11-14(12-26)9-20(28)29/h3-8,10,13-14,27H,9,11-12H2,1-2H3,(H,28,29). The van der Waals surface area contributed by atoms with Gasteiger partial charge in [-0.3, -0.25) is 4.79 Å². The number of benzene rings is 2. The fourth-order valence-corrected chi connectivity index (χ4v) is 4.09. The van der Waals surface area contributed by atoms with E-state index in [-0.39, 0.29) is 29.8 Å². The molecule has 6 heteroatoms. The Bertz CT molecular complexity index is 1070. The molecular formula is C23H23FN2O3. The van der Waals surface area contributed by atoms with Crippen LogP contribution >= 0.6 is 0 Å². The second-order valence-corrected chi connectivity index (χ2v) is 7.96. The summed E-state index contributed by atoms with van der Waals surface area (Å²) in [4.78, 5) is 17.9. The van der Waals surface area contributed by atoms with Crippen LogP contribution in [0.2, 0.25) is 0 Å². The van der Waals surface area contributed by atoms with Crippen molar-refractivity contribution in [1.29, 1.82) is 0 Å². The van der Waals surface area contributed by atoms with Crippen LogP contribution in [0, 0.1) is 11.7 Å². The smallest absolute Gasteiger partial charge is 0.303 e. The van der Waals surface area contributed by atoms with E-state index in [2.05, 4.69) is 18.7 Å². The van der Waals surface area contributed by atoms with E-state index >= 15 is 0 Å². The molecule has 2 heterocycles. The molecule has 1 aliphatic heterocycles. The molecule has 0 unspecified atom stereocenters. The molecule has 1 aliphatic rings. The van der Waals surface area contributed by atoms with Gasteiger partial charge in [-0.15, -0.1) is 0 Å². The molecule has 5 nitrogen and oxygen atoms in total. The number of halogens is 1. The molecule has 4 rings (SSSR count). The summed E-state index contributed by atoms with van der Waals surface area (Å²) in [5, 5.41) is 19.9. The Kier molecular flexibility index (Phi) is 4.86. The van der Waals surface area contributed by atoms with Crippen LogP contribution in [-0.2, 0) is 4.79 Å². The van der Waals surface area contributed by atoms with Crippen LogP contribution in [0.3, 0.4) is 0 Å². The maximum Gasteiger partial charge on any atom is 0.303 e. The number of fused-ring (bicyclic) bond motifs is 1. The van der Waals surface area contributed by atoms with E-state index in [4.69, 9.17) is 10.1 Å². The van der Waals surface area contributed by atoms with Crippen molar-refractivity contribution < 1.29 is 19.4 Å². The van der Waals surface area contributed by atoms with Crippen molar-refractivity contribution in [3.05, 3.63) is 53.8 Å². The lowest BCUT2D eigenvalue weighted by atomic mass is 9.87. The van der Waals surface area contributed by atoms with E-state index in [1.807, 2.05) is 6.07 Å². The summed E-state index contributed by atoms with van der Waals surface area (Å²) in [6.07, 6.45) is 0.146. The van der Waals surface area contributed by atoms with Crippen LogP contribution in [0.4, 0.5) is 10.2 Å². The van der Waals surface area contributed by atoms with Crippen molar-refractivity contribution in [3.63, 3.8) is 0 Å². The number of aromatic nitrogens is 1. The molecule has 150 valence electrons. The van der Waals surface area contributed by atoms with Gasteiger partial charge in [0.15, 0.2) is 0 Å². The third-order valence-corrected chi connectivity index (χ3v) is 5.42. The minimum absolute atomic E-state index is 0.100. The van der Waals surface area contributed by atoms with Gasteiger partial charge in [0, 0.05) is 36.0 Å². The second kappa shape index (κ2) is 7.35. The Morgan fingerprint density at radius 3 is 2.52 bits per heavy atom. The first-order valence-electron chi connectivity index (χ1n) is 9.72. The van der Waals surface area contributed by atoms with Gasteiger partial charge in [0.25, 0.3) is 0 Å². The maximum absolute atomic E-state index is 13.5. The Balaban J connectivity index is 1.90. The average Bonchev–Trinajstić information content (AvgIpc) is 2.63. The monoisotopic (exact) mass is 394 g/mol. The van der Waals surface area contributed by atoms with Gasteiger partial charge in [0.2, 0.25) is 0 Å². The van der Waals surface area contributed by atoms with Crippen LogP contribution in [-0.4, -0.2) is 34.3 Å². The van der Waals surface area contributed by atoms with Gasteiger partial charge in [-0.2, -0.15) is 0 Å². The third-order valence-electron chi connectivity index (χ3n) is 5.42. The maximum atomic E-state index is 13.5. The predicted molar refractivity (Wildman–Crippen MR) is 111 cm³/mol. The largest absolute Gasteiger partial charge is 0.508 e. The molecule has 0 spiro atoms. The zero-order valence-electron chi connectivity index (χ0n) is 16.4. The molecular weight excluding hydrogens is 371 g/mol. The van der Waals surface area contributed by atoms with Crippen molar-refractivity contribution in [2.45, 2.75) is 26.2 Å². The number of aromatic hydroxyl groups is 1. The molecule has 0 bridgehead atoms. The normalized spacial score (nSPS) is 14.4. The number of carboxylic acid groups (broad SMARTS) is 1. The Hall–Kier alpha value is -3.15. The predicted octanol–water partition coefficient (Wildman–Crippen LogP) is 4.78. The number of carboxylic acids is 1. The Morgan fingerprint density at radius 1 is 1.21 bits per heavy atom. The van der Waals surface area contributed by atoms with Gasteiger partial charge < -0.3 is 15.1 Å². The van der Waals surface area contributed by atoms with E-state index in [0.717, 1.165) is 27.9 Å². The highest BCUT2D eigenvalue weighted by Gasteiger charge is 2.33. The third kappa shape index (κ3) is 3.62. The topological polar surface area (TPSA) is 73.7 Å². The van der Waals surface area contributed by atoms with Crippen molar-refractivity contribution in [2.24, 2.45) is 5.92 Å². The number of nitrogens with zero attached hydrogens (tertiary/aromatic N) is 2. The lowest BCUT2D eigenvalue weighted by molar-refractivity contribution is -0.138. The van der Waals surface area contributed by atoms with Crippen LogP contribution in [0.15, 0.2) is 42.5 Å². The minimum Gasteiger partial charge on any atom is -0.508 e. The summed E-state index contributed by atoms with van der Waals surface area (Å²) in [7, 11) is 0. The highest BCUT2D eigenvalue weighted by Crippen LogP contribution is 2.43. The van der Waals surface area contributed by atoms with Gasteiger partial charge in [-0.25, -0.2) is 9.37 Å². The molecule has 2 N–H and O–H groups in total. The van der Waals surface area contributed by atoms with Gasteiger partial charge in [-0.05, 0) is 41.3 Å². The fraction of sp³-hybridized carbons (Fsp3) is 0.304. The molecule has 3 aromatic rings. The summed E-state index contributed by atoms with van der Waals surface area (Å²) < 4.78 is 13.5. The first-order chi connectivity index (χ1) is 13.8. The average molecular weight is 394 g/mol. The number of carbonyl (C=O) groups is 1. The molecule has 0 radical (unpaired) electrons. The highest BCUT2D eigenvalue weighted by molar-refractivity contribution is 5.99. The van der Waals surface area contributed by atoms with Crippen LogP contribution in [0.1, 0.15) is 31.7 Å². The number of phenolic OH excluding ortho intramolecular Hbond substituents is 1. The number of aliphatic carboxylic acids is 1. The summed E-state index contributed by atoms with van der Waals surface area (Å²) in [6, 6.07) is 11.5. The molecule has 1 aromatic heterocycles. The molecule has 29 heavy (non-hydrogen) atoms. The molecule has 1 saturated heterocycles. The molecule has 2 aromatic carbocycles. The quantitative estimate of drug-likeness (QED) is 0.651. The zero-order chi connectivity index (χ0) is 20.7. The molecule has 0 atom stereocenters. The van der Waals surface area contributed by atoms with Crippen molar-refractivity contribution in [3.8, 4) is 16.9 Å². The Labute approximate surface area is 168 Å². The van der Waals surface area contributed by atoms with E-state index in [1.165, 1.54) is 12.1 Å². The zero-order valence-corrected chi connectivity index (χ0v) is 16.4. The van der Waals surface area contributed by atoms with Gasteiger partial charge in [0.05, 0.1) is 11.9 Å². The lowest BCUT2D eigenvalue weighted by Gasteiger charge is -2.41. The lowest BCUT2D eigenvalue weighted by Crippen LogP contribution is -2.48. The van der Waals surface area contributed by atoms with Crippen molar-refractivity contribution in [2.75, 3.05) is 18.0 Å². The van der Waals surface area contributed by atoms with Crippen LogP contribution in [0.5, 0.6) is 5.75 Å². The highest BCUT2D eigenvalue weighted by atomic mass is 19.1. The molecule has 1 fully saturated rings. The minimum atomic E-state index is -0.790. The van der Waals surface area contributed by atoms with Gasteiger partial charge >= 0.3 is 5.97 Å². The summed E-state index contributed by atoms with van der Waals surface area (Å²) in [5.74, 6) is 0.0972. The number of hydrogen-bond donors (Lipinski definition) is 2. The van der Waals surface area contributed by atoms with E-state index < -0.39 is 5.97 Å². The Morgan fingerprint density at radius 2 is 1.90 bits per heavy atom. The number of pyridine rings is 1. The number of hydrogen-bond acceptors (Lipinski definition) is 4. The van der Waals surface area contributed by atoms with E-state index in [1.54, 1.807) is 24.3 Å². The summed E-state index contributed by atoms with van der Waals surface area (Å²) >= 11 is 0. The number of phenols is 1. The SMILES string of the molecule is CC(C)c1c(N2CC(CC(=O)O)C2)nc2cc(O)ccc2c1-c1ccc(F)cc1. The van der Waals surface area contributed by atoms with Crippen molar-refractivity contribution in [1.82, 2.24) is 4.98 Å². The number of rotatable bonds is 5. The van der Waals surface area contributed by atoms with Gasteiger partial charge in [0.1, 0.15) is 17.4 Å². The van der Waals surface area contributed by atoms with Gasteiger partial charge in [-0.1, -0.05) is 26.0 Å². The van der Waals surface area contributed by atoms with Crippen LogP contribution < -0.4 is 4.90 Å². The number of anilines is 1. The van der Waals surface area contributed by atoms with Crippen LogP contribution in [0.25, 0.3) is 22.0 Å².